The minimum absolute atomic E-state index is 0.0508. The Morgan fingerprint density at radius 1 is 1.19 bits per heavy atom. The van der Waals surface area contributed by atoms with E-state index in [2.05, 4.69) is 55.7 Å². The van der Waals surface area contributed by atoms with E-state index in [1.807, 2.05) is 13.0 Å². The predicted molar refractivity (Wildman–Crippen MR) is 165 cm³/mol. The fourth-order valence-electron chi connectivity index (χ4n) is 5.77. The van der Waals surface area contributed by atoms with Crippen LogP contribution in [0.2, 0.25) is 0 Å². The average molecular weight is 623 g/mol. The molecular weight excluding hydrogens is 579 g/mol. The third kappa shape index (κ3) is 9.45. The van der Waals surface area contributed by atoms with Crippen LogP contribution < -0.4 is 10.6 Å². The first-order chi connectivity index (χ1) is 20.5. The standard InChI is InChI=1S/C30H44F3N7O2S/c1-4-22-20-24(23-8-5-16-40(17-6-9-23)25-12-18-38(2)19-13-25)10-11-27(22)36-29-35-21-26(30(31,32)33)28(37-29)34-14-7-15-39(3)43(41)42/h8,10-11,20-21,25H,4-7,9,12-19H2,1-3H3,(H,41,42)(H2,34,35,36,37)/p-1/b23-8-. The van der Waals surface area contributed by atoms with Crippen molar-refractivity contribution in [2.45, 2.75) is 64.1 Å². The summed E-state index contributed by atoms with van der Waals surface area (Å²) in [5.74, 6) is -0.297. The van der Waals surface area contributed by atoms with Gasteiger partial charge in [0.15, 0.2) is 0 Å². The van der Waals surface area contributed by atoms with E-state index in [0.717, 1.165) is 60.5 Å². The maximum Gasteiger partial charge on any atom is 0.421 e. The minimum atomic E-state index is -4.64. The Labute approximate surface area is 255 Å². The molecule has 1 saturated heterocycles. The number of aryl methyl sites for hydroxylation is 1. The van der Waals surface area contributed by atoms with Crippen LogP contribution in [0, 0.1) is 0 Å². The minimum Gasteiger partial charge on any atom is -0.760 e. The fraction of sp³-hybridized carbons (Fsp3) is 0.600. The van der Waals surface area contributed by atoms with E-state index in [1.165, 1.54) is 44.1 Å². The number of halogens is 3. The Bertz CT molecular complexity index is 1270. The molecule has 2 aromatic rings. The van der Waals surface area contributed by atoms with Gasteiger partial charge in [-0.1, -0.05) is 19.1 Å². The third-order valence-electron chi connectivity index (χ3n) is 8.30. The van der Waals surface area contributed by atoms with Gasteiger partial charge in [-0.3, -0.25) is 9.11 Å². The first kappa shape index (κ1) is 33.3. The normalized spacial score (nSPS) is 19.9. The molecule has 0 saturated carbocycles. The first-order valence-electron chi connectivity index (χ1n) is 15.1. The van der Waals surface area contributed by atoms with Crippen LogP contribution in [-0.4, -0.2) is 92.2 Å². The van der Waals surface area contributed by atoms with Crippen LogP contribution in [0.15, 0.2) is 30.5 Å². The van der Waals surface area contributed by atoms with Crippen LogP contribution in [0.25, 0.3) is 5.57 Å². The molecular formula is C30H43F3N7O2S-. The molecule has 43 heavy (non-hydrogen) atoms. The number of allylic oxidation sites excluding steroid dienone is 1. The topological polar surface area (TPSA) is 99.7 Å². The average Bonchev–Trinajstić information content (AvgIpc) is 2.95. The molecule has 0 amide bonds. The zero-order valence-corrected chi connectivity index (χ0v) is 26.1. The predicted octanol–water partition coefficient (Wildman–Crippen LogP) is 5.29. The SMILES string of the molecule is CCc1cc(/C2=C\CCN(C3CCN(C)CC3)CCC2)ccc1Nc1ncc(C(F)(F)F)c(NCCCN(C)S(=O)[O-])n1. The molecule has 238 valence electrons. The number of aromatic nitrogens is 2. The van der Waals surface area contributed by atoms with Gasteiger partial charge < -0.3 is 20.1 Å². The summed E-state index contributed by atoms with van der Waals surface area (Å²) in [6.07, 6.45) is 5.16. The van der Waals surface area contributed by atoms with Crippen molar-refractivity contribution in [1.29, 1.82) is 0 Å². The highest BCUT2D eigenvalue weighted by molar-refractivity contribution is 7.76. The van der Waals surface area contributed by atoms with Gasteiger partial charge in [0.05, 0.1) is 0 Å². The van der Waals surface area contributed by atoms with Gasteiger partial charge in [-0.25, -0.2) is 9.29 Å². The maximum atomic E-state index is 13.6. The molecule has 13 heteroatoms. The number of nitrogens with one attached hydrogen (secondary N) is 2. The van der Waals surface area contributed by atoms with Gasteiger partial charge in [0.2, 0.25) is 5.95 Å². The number of hydrogen-bond donors (Lipinski definition) is 2. The fourth-order valence-corrected chi connectivity index (χ4v) is 6.05. The Hall–Kier alpha value is -2.58. The molecule has 0 spiro atoms. The lowest BCUT2D eigenvalue weighted by atomic mass is 9.94. The quantitative estimate of drug-likeness (QED) is 0.258. The summed E-state index contributed by atoms with van der Waals surface area (Å²) in [7, 11) is 3.59. The van der Waals surface area contributed by atoms with Gasteiger partial charge in [-0.15, -0.1) is 0 Å². The van der Waals surface area contributed by atoms with Crippen LogP contribution in [0.1, 0.15) is 62.1 Å². The molecule has 1 aromatic carbocycles. The second kappa shape index (κ2) is 15.4. The van der Waals surface area contributed by atoms with Crippen LogP contribution >= 0.6 is 0 Å². The van der Waals surface area contributed by atoms with Crippen molar-refractivity contribution < 1.29 is 21.9 Å². The Morgan fingerprint density at radius 3 is 2.65 bits per heavy atom. The van der Waals surface area contributed by atoms with Gasteiger partial charge in [-0.05, 0) is 108 Å². The molecule has 2 aliphatic heterocycles. The monoisotopic (exact) mass is 622 g/mol. The van der Waals surface area contributed by atoms with Gasteiger partial charge in [-0.2, -0.15) is 18.2 Å². The summed E-state index contributed by atoms with van der Waals surface area (Å²) in [6.45, 7) is 6.85. The van der Waals surface area contributed by atoms with Crippen molar-refractivity contribution in [3.05, 3.63) is 47.2 Å². The zero-order valence-electron chi connectivity index (χ0n) is 25.3. The molecule has 0 aliphatic carbocycles. The number of piperidine rings is 1. The van der Waals surface area contributed by atoms with Crippen molar-refractivity contribution in [2.75, 3.05) is 64.0 Å². The van der Waals surface area contributed by atoms with Crippen molar-refractivity contribution in [1.82, 2.24) is 24.1 Å². The highest BCUT2D eigenvalue weighted by Gasteiger charge is 2.35. The lowest BCUT2D eigenvalue weighted by molar-refractivity contribution is -0.137. The molecule has 1 atom stereocenters. The van der Waals surface area contributed by atoms with E-state index in [9.17, 15) is 21.9 Å². The summed E-state index contributed by atoms with van der Waals surface area (Å²) in [6, 6.07) is 6.85. The number of benzene rings is 1. The zero-order chi connectivity index (χ0) is 31.0. The van der Waals surface area contributed by atoms with E-state index >= 15 is 0 Å². The second-order valence-corrected chi connectivity index (χ2v) is 12.4. The molecule has 0 radical (unpaired) electrons. The van der Waals surface area contributed by atoms with Crippen LogP contribution in [0.4, 0.5) is 30.6 Å². The molecule has 0 bridgehead atoms. The molecule has 1 fully saturated rings. The molecule has 9 nitrogen and oxygen atoms in total. The Balaban J connectivity index is 1.43. The molecule has 1 unspecified atom stereocenters. The molecule has 4 rings (SSSR count). The number of hydrogen-bond acceptors (Lipinski definition) is 8. The van der Waals surface area contributed by atoms with Crippen LogP contribution in [-0.2, 0) is 23.9 Å². The molecule has 3 heterocycles. The summed E-state index contributed by atoms with van der Waals surface area (Å²) in [5.41, 5.74) is 3.31. The van der Waals surface area contributed by atoms with Crippen molar-refractivity contribution in [2.24, 2.45) is 0 Å². The van der Waals surface area contributed by atoms with E-state index < -0.39 is 23.0 Å². The smallest absolute Gasteiger partial charge is 0.421 e. The number of likely N-dealkylation sites (tertiary alicyclic amines) is 1. The van der Waals surface area contributed by atoms with Crippen molar-refractivity contribution >= 4 is 34.3 Å². The van der Waals surface area contributed by atoms with E-state index in [0.29, 0.717) is 12.5 Å². The van der Waals surface area contributed by atoms with E-state index in [4.69, 9.17) is 0 Å². The van der Waals surface area contributed by atoms with Gasteiger partial charge in [0, 0.05) is 48.8 Å². The Morgan fingerprint density at radius 2 is 1.95 bits per heavy atom. The molecule has 1 aromatic heterocycles. The number of rotatable bonds is 11. The van der Waals surface area contributed by atoms with Crippen LogP contribution in [0.5, 0.6) is 0 Å². The second-order valence-electron chi connectivity index (χ2n) is 11.3. The van der Waals surface area contributed by atoms with Crippen LogP contribution in [0.3, 0.4) is 0 Å². The van der Waals surface area contributed by atoms with Crippen molar-refractivity contribution in [3.63, 3.8) is 0 Å². The number of nitrogens with zero attached hydrogens (tertiary/aromatic N) is 5. The third-order valence-corrected chi connectivity index (χ3v) is 8.99. The summed E-state index contributed by atoms with van der Waals surface area (Å²) < 4.78 is 63.9. The Kier molecular flexibility index (Phi) is 12.0. The van der Waals surface area contributed by atoms with Gasteiger partial charge >= 0.3 is 6.18 Å². The largest absolute Gasteiger partial charge is 0.760 e. The first-order valence-corrected chi connectivity index (χ1v) is 16.1. The number of alkyl halides is 3. The lowest BCUT2D eigenvalue weighted by Gasteiger charge is -2.38. The molecule has 2 aliphatic rings. The summed E-state index contributed by atoms with van der Waals surface area (Å²) >= 11 is -2.38. The van der Waals surface area contributed by atoms with E-state index in [1.54, 1.807) is 0 Å². The summed E-state index contributed by atoms with van der Waals surface area (Å²) in [5, 5.41) is 5.82. The lowest BCUT2D eigenvalue weighted by Crippen LogP contribution is -2.44. The highest BCUT2D eigenvalue weighted by atomic mass is 32.2. The van der Waals surface area contributed by atoms with Crippen molar-refractivity contribution in [3.8, 4) is 0 Å². The van der Waals surface area contributed by atoms with Gasteiger partial charge in [0.25, 0.3) is 0 Å². The number of anilines is 3. The summed E-state index contributed by atoms with van der Waals surface area (Å²) in [4.78, 5) is 13.2. The highest BCUT2D eigenvalue weighted by Crippen LogP contribution is 2.35. The maximum absolute atomic E-state index is 13.6. The van der Waals surface area contributed by atoms with E-state index in [-0.39, 0.29) is 24.9 Å². The van der Waals surface area contributed by atoms with Gasteiger partial charge in [0.1, 0.15) is 11.4 Å². The molecule has 2 N–H and O–H groups in total.